The predicted octanol–water partition coefficient (Wildman–Crippen LogP) is 1.95. The molecule has 1 atom stereocenters. The number of benzene rings is 2. The first kappa shape index (κ1) is 20.6. The van der Waals surface area contributed by atoms with Gasteiger partial charge in [0.15, 0.2) is 23.1 Å². The van der Waals surface area contributed by atoms with Gasteiger partial charge in [0.25, 0.3) is 5.91 Å². The van der Waals surface area contributed by atoms with E-state index in [0.717, 1.165) is 11.0 Å². The maximum Gasteiger partial charge on any atom is 0.344 e. The number of esters is 1. The fourth-order valence-electron chi connectivity index (χ4n) is 2.85. The first-order valence-electron chi connectivity index (χ1n) is 9.01. The Kier molecular flexibility index (Phi) is 6.66. The molecule has 0 aliphatic carbocycles. The third-order valence-electron chi connectivity index (χ3n) is 4.28. The van der Waals surface area contributed by atoms with Crippen LogP contribution < -0.4 is 4.74 Å². The molecule has 0 fully saturated rings. The maximum absolute atomic E-state index is 12.7. The van der Waals surface area contributed by atoms with E-state index in [1.165, 1.54) is 11.0 Å². The molecule has 2 aromatic carbocycles. The van der Waals surface area contributed by atoms with Gasteiger partial charge in [0.1, 0.15) is 5.75 Å². The van der Waals surface area contributed by atoms with Crippen LogP contribution in [-0.2, 0) is 30.7 Å². The normalized spacial score (nSPS) is 16.9. The van der Waals surface area contributed by atoms with Crippen molar-refractivity contribution < 1.29 is 27.5 Å². The predicted molar refractivity (Wildman–Crippen MR) is 107 cm³/mol. The highest BCUT2D eigenvalue weighted by Gasteiger charge is 2.30. The number of hydrogen-bond donors (Lipinski definition) is 0. The van der Waals surface area contributed by atoms with Gasteiger partial charge in [-0.25, -0.2) is 13.2 Å². The number of carbonyl (C=O) groups is 2. The van der Waals surface area contributed by atoms with Crippen LogP contribution in [-0.4, -0.2) is 50.2 Å². The van der Waals surface area contributed by atoms with Crippen LogP contribution in [0, 0.1) is 0 Å². The summed E-state index contributed by atoms with van der Waals surface area (Å²) in [6.45, 7) is -0.607. The molecule has 1 heterocycles. The van der Waals surface area contributed by atoms with E-state index in [1.54, 1.807) is 24.3 Å². The monoisotopic (exact) mass is 415 g/mol. The van der Waals surface area contributed by atoms with Gasteiger partial charge in [-0.3, -0.25) is 4.79 Å². The molecule has 0 unspecified atom stereocenters. The zero-order chi connectivity index (χ0) is 20.7. The third kappa shape index (κ3) is 6.18. The van der Waals surface area contributed by atoms with Crippen molar-refractivity contribution in [3.05, 3.63) is 77.7 Å². The van der Waals surface area contributed by atoms with Gasteiger partial charge in [-0.2, -0.15) is 0 Å². The summed E-state index contributed by atoms with van der Waals surface area (Å²) in [6.07, 6.45) is 1.48. The number of para-hydroxylation sites is 1. The van der Waals surface area contributed by atoms with Crippen molar-refractivity contribution in [2.24, 2.45) is 0 Å². The van der Waals surface area contributed by atoms with Crippen LogP contribution in [0.4, 0.5) is 0 Å². The number of sulfone groups is 1. The van der Waals surface area contributed by atoms with E-state index in [2.05, 4.69) is 0 Å². The van der Waals surface area contributed by atoms with Crippen molar-refractivity contribution in [3.8, 4) is 5.75 Å². The lowest BCUT2D eigenvalue weighted by Crippen LogP contribution is -2.42. The van der Waals surface area contributed by atoms with Crippen LogP contribution in [0.2, 0.25) is 0 Å². The highest BCUT2D eigenvalue weighted by atomic mass is 32.2. The molecule has 1 aliphatic heterocycles. The van der Waals surface area contributed by atoms with E-state index in [0.29, 0.717) is 5.75 Å². The van der Waals surface area contributed by atoms with Crippen molar-refractivity contribution >= 4 is 21.7 Å². The number of hydrogen-bond acceptors (Lipinski definition) is 6. The van der Waals surface area contributed by atoms with E-state index in [-0.39, 0.29) is 18.9 Å². The molecular weight excluding hydrogens is 394 g/mol. The Balaban J connectivity index is 1.59. The van der Waals surface area contributed by atoms with Crippen LogP contribution in [0.5, 0.6) is 5.75 Å². The zero-order valence-corrected chi connectivity index (χ0v) is 16.5. The minimum absolute atomic E-state index is 0.184. The Morgan fingerprint density at radius 1 is 0.966 bits per heavy atom. The molecule has 0 saturated heterocycles. The number of nitrogens with zero attached hydrogens (tertiary/aromatic N) is 1. The summed E-state index contributed by atoms with van der Waals surface area (Å²) in [6, 6.07) is 17.4. The van der Waals surface area contributed by atoms with E-state index >= 15 is 0 Å². The number of rotatable bonds is 8. The molecule has 0 radical (unpaired) electrons. The molecule has 7 nitrogen and oxygen atoms in total. The van der Waals surface area contributed by atoms with Gasteiger partial charge in [-0.1, -0.05) is 48.5 Å². The summed E-state index contributed by atoms with van der Waals surface area (Å²) >= 11 is 0. The highest BCUT2D eigenvalue weighted by Crippen LogP contribution is 2.18. The topological polar surface area (TPSA) is 90.0 Å². The minimum atomic E-state index is -3.34. The van der Waals surface area contributed by atoms with Crippen molar-refractivity contribution in [3.63, 3.8) is 0 Å². The lowest BCUT2D eigenvalue weighted by atomic mass is 10.2. The summed E-state index contributed by atoms with van der Waals surface area (Å²) in [7, 11) is -3.34. The molecule has 29 heavy (non-hydrogen) atoms. The molecule has 0 saturated carbocycles. The van der Waals surface area contributed by atoms with Gasteiger partial charge in [0, 0.05) is 12.0 Å². The van der Waals surface area contributed by atoms with E-state index < -0.39 is 34.4 Å². The number of amides is 1. The molecule has 0 bridgehead atoms. The van der Waals surface area contributed by atoms with Crippen molar-refractivity contribution in [2.45, 2.75) is 12.6 Å². The molecule has 2 aromatic rings. The third-order valence-corrected chi connectivity index (χ3v) is 5.66. The number of carbonyl (C=O) groups excluding carboxylic acids is 2. The average Bonchev–Trinajstić information content (AvgIpc) is 3.09. The lowest BCUT2D eigenvalue weighted by molar-refractivity contribution is -0.154. The quantitative estimate of drug-likeness (QED) is 0.612. The summed E-state index contributed by atoms with van der Waals surface area (Å²) in [5, 5.41) is 1.11. The van der Waals surface area contributed by atoms with Crippen LogP contribution in [0.3, 0.4) is 0 Å². The molecule has 0 N–H and O–H groups in total. The van der Waals surface area contributed by atoms with E-state index in [1.807, 2.05) is 36.4 Å². The molecule has 3 rings (SSSR count). The Morgan fingerprint density at radius 2 is 1.62 bits per heavy atom. The van der Waals surface area contributed by atoms with Gasteiger partial charge in [-0.05, 0) is 23.8 Å². The second-order valence-electron chi connectivity index (χ2n) is 6.50. The molecule has 1 aliphatic rings. The summed E-state index contributed by atoms with van der Waals surface area (Å²) < 4.78 is 33.9. The SMILES string of the molecule is O=C(COc1ccccc1)OCC(=O)N(Cc1ccccc1)[C@@H]1C=CS(=O)(=O)C1. The standard InChI is InChI=1S/C21H21NO6S/c23-20(14-28-21(24)15-27-19-9-5-2-6-10-19)22(13-17-7-3-1-4-8-17)18-11-12-29(25,26)16-18/h1-12,18H,13-16H2/t18-/m1/s1. The molecule has 152 valence electrons. The van der Waals surface area contributed by atoms with Gasteiger partial charge in [0.05, 0.1) is 11.8 Å². The van der Waals surface area contributed by atoms with Gasteiger partial charge in [-0.15, -0.1) is 0 Å². The minimum Gasteiger partial charge on any atom is -0.482 e. The second-order valence-corrected chi connectivity index (χ2v) is 8.43. The van der Waals surface area contributed by atoms with Crippen LogP contribution in [0.25, 0.3) is 0 Å². The lowest BCUT2D eigenvalue weighted by Gasteiger charge is -2.27. The van der Waals surface area contributed by atoms with Crippen molar-refractivity contribution in [1.82, 2.24) is 4.90 Å². The summed E-state index contributed by atoms with van der Waals surface area (Å²) in [5.41, 5.74) is 0.845. The molecule has 0 aromatic heterocycles. The average molecular weight is 415 g/mol. The fourth-order valence-corrected chi connectivity index (χ4v) is 4.15. The van der Waals surface area contributed by atoms with Crippen molar-refractivity contribution in [2.75, 3.05) is 19.0 Å². The number of ether oxygens (including phenoxy) is 2. The van der Waals surface area contributed by atoms with Crippen LogP contribution in [0.1, 0.15) is 5.56 Å². The van der Waals surface area contributed by atoms with E-state index in [9.17, 15) is 18.0 Å². The van der Waals surface area contributed by atoms with Gasteiger partial charge < -0.3 is 14.4 Å². The Bertz CT molecular complexity index is 973. The van der Waals surface area contributed by atoms with Crippen LogP contribution >= 0.6 is 0 Å². The Labute approximate surface area is 169 Å². The van der Waals surface area contributed by atoms with Crippen LogP contribution in [0.15, 0.2) is 72.1 Å². The molecular formula is C21H21NO6S. The molecule has 0 spiro atoms. The largest absolute Gasteiger partial charge is 0.482 e. The first-order valence-corrected chi connectivity index (χ1v) is 10.7. The Morgan fingerprint density at radius 3 is 2.24 bits per heavy atom. The zero-order valence-electron chi connectivity index (χ0n) is 15.6. The smallest absolute Gasteiger partial charge is 0.344 e. The Hall–Kier alpha value is -3.13. The molecule has 1 amide bonds. The summed E-state index contributed by atoms with van der Waals surface area (Å²) in [5.74, 6) is -0.829. The van der Waals surface area contributed by atoms with Crippen molar-refractivity contribution in [1.29, 1.82) is 0 Å². The van der Waals surface area contributed by atoms with Gasteiger partial charge in [0.2, 0.25) is 0 Å². The molecule has 8 heteroatoms. The highest BCUT2D eigenvalue weighted by molar-refractivity contribution is 7.94. The maximum atomic E-state index is 12.7. The fraction of sp³-hybridized carbons (Fsp3) is 0.238. The second kappa shape index (κ2) is 9.38. The summed E-state index contributed by atoms with van der Waals surface area (Å²) in [4.78, 5) is 26.0. The van der Waals surface area contributed by atoms with Gasteiger partial charge >= 0.3 is 5.97 Å². The van der Waals surface area contributed by atoms with E-state index in [4.69, 9.17) is 9.47 Å². The first-order chi connectivity index (χ1) is 13.9.